The second kappa shape index (κ2) is 6.05. The highest BCUT2D eigenvalue weighted by Gasteiger charge is 2.05. The molecule has 0 aromatic heterocycles. The molecule has 2 aromatic rings. The molecule has 3 nitrogen and oxygen atoms in total. The van der Waals surface area contributed by atoms with E-state index in [1.165, 1.54) is 0 Å². The van der Waals surface area contributed by atoms with Crippen LogP contribution in [0.1, 0.15) is 13.8 Å². The monoisotopic (exact) mass is 255 g/mol. The minimum absolute atomic E-state index is 0.0658. The minimum Gasteiger partial charge on any atom is -0.410 e. The Morgan fingerprint density at radius 2 is 1.53 bits per heavy atom. The fraction of sp³-hybridized carbons (Fsp3) is 0.188. The van der Waals surface area contributed by atoms with E-state index in [0.29, 0.717) is 5.75 Å². The Bertz CT molecular complexity index is 532. The van der Waals surface area contributed by atoms with Gasteiger partial charge in [-0.2, -0.15) is 0 Å². The number of nitrogens with one attached hydrogen (secondary N) is 1. The number of ether oxygens (including phenoxy) is 1. The van der Waals surface area contributed by atoms with Crippen LogP contribution in [-0.4, -0.2) is 12.1 Å². The van der Waals surface area contributed by atoms with Crippen molar-refractivity contribution in [3.63, 3.8) is 0 Å². The highest BCUT2D eigenvalue weighted by Crippen LogP contribution is 2.22. The third-order valence-electron chi connectivity index (χ3n) is 2.58. The normalized spacial score (nSPS) is 10.3. The van der Waals surface area contributed by atoms with Gasteiger partial charge in [0.2, 0.25) is 0 Å². The van der Waals surface area contributed by atoms with Crippen molar-refractivity contribution in [3.05, 3.63) is 54.6 Å². The van der Waals surface area contributed by atoms with Crippen molar-refractivity contribution in [3.8, 4) is 16.9 Å². The van der Waals surface area contributed by atoms with Crippen LogP contribution in [0.4, 0.5) is 4.79 Å². The lowest BCUT2D eigenvalue weighted by Gasteiger charge is -2.09. The van der Waals surface area contributed by atoms with Crippen molar-refractivity contribution in [2.45, 2.75) is 19.9 Å². The van der Waals surface area contributed by atoms with Crippen LogP contribution in [0.2, 0.25) is 0 Å². The molecule has 0 saturated carbocycles. The number of amides is 1. The largest absolute Gasteiger partial charge is 0.412 e. The smallest absolute Gasteiger partial charge is 0.410 e. The zero-order valence-corrected chi connectivity index (χ0v) is 11.1. The summed E-state index contributed by atoms with van der Waals surface area (Å²) in [4.78, 5) is 11.4. The maximum atomic E-state index is 11.4. The molecule has 0 heterocycles. The molecular weight excluding hydrogens is 238 g/mol. The lowest BCUT2D eigenvalue weighted by atomic mass is 10.1. The van der Waals surface area contributed by atoms with Crippen molar-refractivity contribution >= 4 is 6.09 Å². The first-order valence-corrected chi connectivity index (χ1v) is 6.29. The summed E-state index contributed by atoms with van der Waals surface area (Å²) in [6.07, 6.45) is -0.428. The molecule has 0 bridgehead atoms. The number of benzene rings is 2. The Morgan fingerprint density at radius 1 is 0.947 bits per heavy atom. The quantitative estimate of drug-likeness (QED) is 0.904. The number of carbonyl (C=O) groups excluding carboxylic acids is 1. The maximum Gasteiger partial charge on any atom is 0.412 e. The highest BCUT2D eigenvalue weighted by molar-refractivity contribution is 5.71. The van der Waals surface area contributed by atoms with Crippen molar-refractivity contribution in [1.82, 2.24) is 5.32 Å². The highest BCUT2D eigenvalue weighted by atomic mass is 16.6. The zero-order chi connectivity index (χ0) is 13.7. The molecule has 19 heavy (non-hydrogen) atoms. The van der Waals surface area contributed by atoms with E-state index in [1.807, 2.05) is 56.3 Å². The van der Waals surface area contributed by atoms with Gasteiger partial charge >= 0.3 is 6.09 Å². The summed E-state index contributed by atoms with van der Waals surface area (Å²) in [6.45, 7) is 3.78. The summed E-state index contributed by atoms with van der Waals surface area (Å²) in [7, 11) is 0. The molecule has 0 atom stereocenters. The van der Waals surface area contributed by atoms with Gasteiger partial charge in [0.15, 0.2) is 0 Å². The Kier molecular flexibility index (Phi) is 4.18. The molecule has 2 aromatic carbocycles. The van der Waals surface area contributed by atoms with E-state index >= 15 is 0 Å². The van der Waals surface area contributed by atoms with E-state index in [2.05, 4.69) is 5.32 Å². The van der Waals surface area contributed by atoms with Crippen LogP contribution in [-0.2, 0) is 0 Å². The second-order valence-electron chi connectivity index (χ2n) is 4.58. The molecule has 0 radical (unpaired) electrons. The summed E-state index contributed by atoms with van der Waals surface area (Å²) in [5.74, 6) is 0.540. The molecule has 2 rings (SSSR count). The third kappa shape index (κ3) is 3.85. The van der Waals surface area contributed by atoms with E-state index in [0.717, 1.165) is 11.1 Å². The predicted molar refractivity (Wildman–Crippen MR) is 76.2 cm³/mol. The summed E-state index contributed by atoms with van der Waals surface area (Å²) in [5, 5.41) is 2.68. The van der Waals surface area contributed by atoms with Crippen LogP contribution in [0.3, 0.4) is 0 Å². The first-order chi connectivity index (χ1) is 9.15. The van der Waals surface area contributed by atoms with E-state index in [-0.39, 0.29) is 6.04 Å². The van der Waals surface area contributed by atoms with Gasteiger partial charge in [0.25, 0.3) is 0 Å². The second-order valence-corrected chi connectivity index (χ2v) is 4.58. The average molecular weight is 255 g/mol. The van der Waals surface area contributed by atoms with Crippen molar-refractivity contribution in [2.75, 3.05) is 0 Å². The van der Waals surface area contributed by atoms with Gasteiger partial charge in [0, 0.05) is 6.04 Å². The van der Waals surface area contributed by atoms with Crippen molar-refractivity contribution in [1.29, 1.82) is 0 Å². The van der Waals surface area contributed by atoms with Crippen LogP contribution in [0, 0.1) is 0 Å². The zero-order valence-electron chi connectivity index (χ0n) is 11.1. The van der Waals surface area contributed by atoms with E-state index in [1.54, 1.807) is 12.1 Å². The summed E-state index contributed by atoms with van der Waals surface area (Å²) in [5.41, 5.74) is 2.23. The lowest BCUT2D eigenvalue weighted by molar-refractivity contribution is 0.198. The molecule has 3 heteroatoms. The van der Waals surface area contributed by atoms with Gasteiger partial charge in [0.1, 0.15) is 5.75 Å². The molecule has 98 valence electrons. The fourth-order valence-corrected chi connectivity index (χ4v) is 1.72. The fourth-order valence-electron chi connectivity index (χ4n) is 1.72. The molecular formula is C16H17NO2. The third-order valence-corrected chi connectivity index (χ3v) is 2.58. The SMILES string of the molecule is CC(C)NC(=O)Oc1ccc(-c2ccccc2)cc1. The van der Waals surface area contributed by atoms with Crippen molar-refractivity contribution < 1.29 is 9.53 Å². The molecule has 0 aliphatic heterocycles. The van der Waals surface area contributed by atoms with Gasteiger partial charge < -0.3 is 10.1 Å². The predicted octanol–water partition coefficient (Wildman–Crippen LogP) is 3.85. The van der Waals surface area contributed by atoms with Crippen LogP contribution in [0.15, 0.2) is 54.6 Å². The molecule has 1 N–H and O–H groups in total. The van der Waals surface area contributed by atoms with Crippen molar-refractivity contribution in [2.24, 2.45) is 0 Å². The summed E-state index contributed by atoms with van der Waals surface area (Å²) >= 11 is 0. The molecule has 0 fully saturated rings. The van der Waals surface area contributed by atoms with Gasteiger partial charge in [-0.05, 0) is 37.1 Å². The van der Waals surface area contributed by atoms with Crippen LogP contribution in [0.25, 0.3) is 11.1 Å². The standard InChI is InChI=1S/C16H17NO2/c1-12(2)17-16(18)19-15-10-8-14(9-11-15)13-6-4-3-5-7-13/h3-12H,1-2H3,(H,17,18). The Hall–Kier alpha value is -2.29. The van der Waals surface area contributed by atoms with Gasteiger partial charge in [-0.15, -0.1) is 0 Å². The first-order valence-electron chi connectivity index (χ1n) is 6.29. The van der Waals surface area contributed by atoms with Crippen LogP contribution < -0.4 is 10.1 Å². The van der Waals surface area contributed by atoms with E-state index in [9.17, 15) is 4.79 Å². The van der Waals surface area contributed by atoms with Gasteiger partial charge in [-0.25, -0.2) is 4.79 Å². The Balaban J connectivity index is 2.05. The molecule has 0 saturated heterocycles. The number of hydrogen-bond acceptors (Lipinski definition) is 2. The number of rotatable bonds is 3. The minimum atomic E-state index is -0.428. The van der Waals surface area contributed by atoms with E-state index < -0.39 is 6.09 Å². The molecule has 1 amide bonds. The number of carbonyl (C=O) groups is 1. The topological polar surface area (TPSA) is 38.3 Å². The summed E-state index contributed by atoms with van der Waals surface area (Å²) < 4.78 is 5.17. The van der Waals surface area contributed by atoms with Gasteiger partial charge in [0.05, 0.1) is 0 Å². The van der Waals surface area contributed by atoms with Crippen LogP contribution >= 0.6 is 0 Å². The Morgan fingerprint density at radius 3 is 2.11 bits per heavy atom. The van der Waals surface area contributed by atoms with Gasteiger partial charge in [-0.1, -0.05) is 42.5 Å². The number of hydrogen-bond donors (Lipinski definition) is 1. The van der Waals surface area contributed by atoms with E-state index in [4.69, 9.17) is 4.74 Å². The molecule has 0 aliphatic carbocycles. The molecule has 0 spiro atoms. The Labute approximate surface area is 113 Å². The lowest BCUT2D eigenvalue weighted by Crippen LogP contribution is -2.32. The molecule has 0 unspecified atom stereocenters. The summed E-state index contributed by atoms with van der Waals surface area (Å²) in [6, 6.07) is 17.6. The van der Waals surface area contributed by atoms with Crippen LogP contribution in [0.5, 0.6) is 5.75 Å². The maximum absolute atomic E-state index is 11.4. The first kappa shape index (κ1) is 13.1. The van der Waals surface area contributed by atoms with Gasteiger partial charge in [-0.3, -0.25) is 0 Å². The molecule has 0 aliphatic rings. The average Bonchev–Trinajstić information content (AvgIpc) is 2.39.